The van der Waals surface area contributed by atoms with E-state index in [1.807, 2.05) is 0 Å². The van der Waals surface area contributed by atoms with E-state index in [1.54, 1.807) is 11.3 Å². The molecule has 1 aliphatic heterocycles. The normalized spacial score (nSPS) is 24.5. The van der Waals surface area contributed by atoms with Gasteiger partial charge in [0.1, 0.15) is 0 Å². The molecule has 1 aromatic heterocycles. The summed E-state index contributed by atoms with van der Waals surface area (Å²) in [6.07, 6.45) is 3.86. The maximum Gasteiger partial charge on any atom is 0.0192 e. The third kappa shape index (κ3) is 3.06. The molecule has 2 atom stereocenters. The molecule has 0 aliphatic carbocycles. The summed E-state index contributed by atoms with van der Waals surface area (Å²) in [6, 6.07) is 3.62. The highest BCUT2D eigenvalue weighted by Gasteiger charge is 2.22. The first-order chi connectivity index (χ1) is 7.79. The quantitative estimate of drug-likeness (QED) is 0.866. The van der Waals surface area contributed by atoms with Crippen LogP contribution < -0.4 is 5.32 Å². The minimum atomic E-state index is 0.672. The van der Waals surface area contributed by atoms with Gasteiger partial charge in [-0.1, -0.05) is 0 Å². The van der Waals surface area contributed by atoms with Crippen molar-refractivity contribution in [1.82, 2.24) is 10.2 Å². The lowest BCUT2D eigenvalue weighted by atomic mass is 10.0. The Balaban J connectivity index is 1.86. The van der Waals surface area contributed by atoms with Crippen molar-refractivity contribution in [2.75, 3.05) is 20.1 Å². The molecule has 0 radical (unpaired) electrons. The molecule has 3 heteroatoms. The van der Waals surface area contributed by atoms with Crippen LogP contribution >= 0.6 is 11.3 Å². The highest BCUT2D eigenvalue weighted by Crippen LogP contribution is 2.17. The highest BCUT2D eigenvalue weighted by molar-refractivity contribution is 7.07. The maximum absolute atomic E-state index is 3.41. The molecular formula is C13H22N2S. The molecule has 1 aliphatic rings. The molecule has 0 spiro atoms. The average Bonchev–Trinajstić information content (AvgIpc) is 2.82. The first-order valence-corrected chi connectivity index (χ1v) is 7.16. The van der Waals surface area contributed by atoms with Crippen LogP contribution in [-0.2, 0) is 6.42 Å². The van der Waals surface area contributed by atoms with E-state index in [4.69, 9.17) is 0 Å². The van der Waals surface area contributed by atoms with Gasteiger partial charge >= 0.3 is 0 Å². The lowest BCUT2D eigenvalue weighted by Gasteiger charge is -2.36. The molecule has 0 aromatic carbocycles. The van der Waals surface area contributed by atoms with Gasteiger partial charge in [0.15, 0.2) is 0 Å². The van der Waals surface area contributed by atoms with E-state index < -0.39 is 0 Å². The fourth-order valence-electron chi connectivity index (χ4n) is 2.52. The molecule has 2 unspecified atom stereocenters. The van der Waals surface area contributed by atoms with E-state index >= 15 is 0 Å². The third-order valence-electron chi connectivity index (χ3n) is 3.60. The predicted molar refractivity (Wildman–Crippen MR) is 71.1 cm³/mol. The fraction of sp³-hybridized carbons (Fsp3) is 0.692. The number of likely N-dealkylation sites (tertiary alicyclic amines) is 1. The summed E-state index contributed by atoms with van der Waals surface area (Å²) in [5, 5.41) is 7.86. The van der Waals surface area contributed by atoms with Gasteiger partial charge in [0.25, 0.3) is 0 Å². The minimum absolute atomic E-state index is 0.672. The minimum Gasteiger partial charge on any atom is -0.316 e. The average molecular weight is 238 g/mol. The van der Waals surface area contributed by atoms with Crippen LogP contribution in [0.4, 0.5) is 0 Å². The van der Waals surface area contributed by atoms with Crippen molar-refractivity contribution in [2.24, 2.45) is 0 Å². The van der Waals surface area contributed by atoms with E-state index in [1.165, 1.54) is 37.9 Å². The predicted octanol–water partition coefficient (Wildman–Crippen LogP) is 2.36. The van der Waals surface area contributed by atoms with Crippen LogP contribution in [-0.4, -0.2) is 37.1 Å². The number of rotatable bonds is 4. The summed E-state index contributed by atoms with van der Waals surface area (Å²) in [4.78, 5) is 2.63. The molecule has 0 bridgehead atoms. The number of hydrogen-bond donors (Lipinski definition) is 1. The monoisotopic (exact) mass is 238 g/mol. The van der Waals surface area contributed by atoms with Gasteiger partial charge in [-0.05, 0) is 62.2 Å². The Hall–Kier alpha value is -0.380. The molecule has 2 nitrogen and oxygen atoms in total. The van der Waals surface area contributed by atoms with Crippen molar-refractivity contribution in [1.29, 1.82) is 0 Å². The maximum atomic E-state index is 3.41. The smallest absolute Gasteiger partial charge is 0.0192 e. The summed E-state index contributed by atoms with van der Waals surface area (Å²) in [5.74, 6) is 0. The van der Waals surface area contributed by atoms with Crippen LogP contribution in [0.15, 0.2) is 16.8 Å². The Morgan fingerprint density at radius 2 is 2.50 bits per heavy atom. The van der Waals surface area contributed by atoms with Crippen LogP contribution in [0.1, 0.15) is 25.3 Å². The summed E-state index contributed by atoms with van der Waals surface area (Å²) in [7, 11) is 2.08. The summed E-state index contributed by atoms with van der Waals surface area (Å²) < 4.78 is 0. The van der Waals surface area contributed by atoms with Crippen molar-refractivity contribution >= 4 is 11.3 Å². The molecule has 2 rings (SSSR count). The number of hydrogen-bond acceptors (Lipinski definition) is 3. The highest BCUT2D eigenvalue weighted by atomic mass is 32.1. The van der Waals surface area contributed by atoms with Gasteiger partial charge in [-0.3, -0.25) is 4.90 Å². The lowest BCUT2D eigenvalue weighted by molar-refractivity contribution is 0.148. The van der Waals surface area contributed by atoms with Crippen LogP contribution in [0.5, 0.6) is 0 Å². The molecule has 0 amide bonds. The van der Waals surface area contributed by atoms with E-state index in [0.717, 1.165) is 0 Å². The number of likely N-dealkylation sites (N-methyl/N-ethyl adjacent to an activating group) is 1. The molecule has 1 aromatic rings. The van der Waals surface area contributed by atoms with E-state index in [-0.39, 0.29) is 0 Å². The largest absolute Gasteiger partial charge is 0.316 e. The van der Waals surface area contributed by atoms with Gasteiger partial charge in [-0.2, -0.15) is 11.3 Å². The Bertz CT molecular complexity index is 297. The second-order valence-corrected chi connectivity index (χ2v) is 5.59. The number of thiophene rings is 1. The summed E-state index contributed by atoms with van der Waals surface area (Å²) in [5.41, 5.74) is 1.49. The van der Waals surface area contributed by atoms with Crippen molar-refractivity contribution in [3.63, 3.8) is 0 Å². The van der Waals surface area contributed by atoms with Crippen LogP contribution in [0.3, 0.4) is 0 Å². The van der Waals surface area contributed by atoms with Gasteiger partial charge in [-0.25, -0.2) is 0 Å². The Morgan fingerprint density at radius 3 is 3.19 bits per heavy atom. The zero-order chi connectivity index (χ0) is 11.4. The van der Waals surface area contributed by atoms with Gasteiger partial charge < -0.3 is 5.32 Å². The molecule has 16 heavy (non-hydrogen) atoms. The first-order valence-electron chi connectivity index (χ1n) is 6.22. The van der Waals surface area contributed by atoms with Crippen molar-refractivity contribution in [3.05, 3.63) is 22.4 Å². The van der Waals surface area contributed by atoms with Crippen LogP contribution in [0, 0.1) is 0 Å². The van der Waals surface area contributed by atoms with Crippen LogP contribution in [0.2, 0.25) is 0 Å². The van der Waals surface area contributed by atoms with Crippen molar-refractivity contribution in [3.8, 4) is 0 Å². The van der Waals surface area contributed by atoms with Crippen LogP contribution in [0.25, 0.3) is 0 Å². The Kier molecular flexibility index (Phi) is 4.38. The molecule has 2 heterocycles. The zero-order valence-electron chi connectivity index (χ0n) is 10.3. The van der Waals surface area contributed by atoms with E-state index in [0.29, 0.717) is 12.1 Å². The SMILES string of the molecule is CNC1CCCN(C(C)Cc2ccsc2)C1. The topological polar surface area (TPSA) is 15.3 Å². The molecule has 1 saturated heterocycles. The summed E-state index contributed by atoms with van der Waals surface area (Å²) in [6.45, 7) is 4.83. The number of piperidine rings is 1. The zero-order valence-corrected chi connectivity index (χ0v) is 11.1. The summed E-state index contributed by atoms with van der Waals surface area (Å²) >= 11 is 1.80. The third-order valence-corrected chi connectivity index (χ3v) is 4.33. The molecule has 0 saturated carbocycles. The van der Waals surface area contributed by atoms with Gasteiger partial charge in [-0.15, -0.1) is 0 Å². The van der Waals surface area contributed by atoms with Gasteiger partial charge in [0, 0.05) is 18.6 Å². The Morgan fingerprint density at radius 1 is 1.62 bits per heavy atom. The molecule has 1 N–H and O–H groups in total. The Labute approximate surface area is 103 Å². The fourth-order valence-corrected chi connectivity index (χ4v) is 3.20. The van der Waals surface area contributed by atoms with Gasteiger partial charge in [0.2, 0.25) is 0 Å². The lowest BCUT2D eigenvalue weighted by Crippen LogP contribution is -2.48. The van der Waals surface area contributed by atoms with Gasteiger partial charge in [0.05, 0.1) is 0 Å². The molecule has 90 valence electrons. The standard InChI is InChI=1S/C13H22N2S/c1-11(8-12-5-7-16-10-12)15-6-3-4-13(9-15)14-2/h5,7,10-11,13-14H,3-4,6,8-9H2,1-2H3. The van der Waals surface area contributed by atoms with E-state index in [9.17, 15) is 0 Å². The second-order valence-electron chi connectivity index (χ2n) is 4.81. The number of nitrogens with zero attached hydrogens (tertiary/aromatic N) is 1. The first kappa shape index (κ1) is 12.1. The van der Waals surface area contributed by atoms with E-state index in [2.05, 4.69) is 41.0 Å². The molecular weight excluding hydrogens is 216 g/mol. The van der Waals surface area contributed by atoms with Crippen molar-refractivity contribution < 1.29 is 0 Å². The molecule has 1 fully saturated rings. The second kappa shape index (κ2) is 5.80. The number of nitrogens with one attached hydrogen (secondary N) is 1. The van der Waals surface area contributed by atoms with Crippen molar-refractivity contribution in [2.45, 2.75) is 38.3 Å².